The van der Waals surface area contributed by atoms with E-state index < -0.39 is 5.91 Å². The molecule has 9 heteroatoms. The van der Waals surface area contributed by atoms with E-state index in [1.54, 1.807) is 22.9 Å². The molecule has 2 aliphatic heterocycles. The third kappa shape index (κ3) is 3.48. The van der Waals surface area contributed by atoms with Crippen LogP contribution in [0.4, 0.5) is 11.9 Å². The van der Waals surface area contributed by atoms with Crippen LogP contribution < -0.4 is 20.1 Å². The number of benzene rings is 2. The molecule has 30 heavy (non-hydrogen) atoms. The van der Waals surface area contributed by atoms with Crippen molar-refractivity contribution in [1.29, 1.82) is 0 Å². The largest absolute Gasteiger partial charge is 0.454 e. The third-order valence-corrected chi connectivity index (χ3v) is 4.80. The lowest BCUT2D eigenvalue weighted by molar-refractivity contribution is -0.117. The number of hydrogen-bond donors (Lipinski definition) is 2. The number of rotatable bonds is 4. The fourth-order valence-corrected chi connectivity index (χ4v) is 3.39. The van der Waals surface area contributed by atoms with Crippen molar-refractivity contribution in [3.63, 3.8) is 0 Å². The van der Waals surface area contributed by atoms with Crippen molar-refractivity contribution in [3.8, 4) is 11.5 Å². The molecule has 3 heterocycles. The Morgan fingerprint density at radius 1 is 1.17 bits per heavy atom. The quantitative estimate of drug-likeness (QED) is 0.649. The van der Waals surface area contributed by atoms with Gasteiger partial charge in [0, 0.05) is 6.08 Å². The van der Waals surface area contributed by atoms with E-state index in [2.05, 4.69) is 20.7 Å². The summed E-state index contributed by atoms with van der Waals surface area (Å²) in [6.45, 7) is 0.195. The molecule has 0 radical (unpaired) electrons. The second-order valence-electron chi connectivity index (χ2n) is 6.82. The van der Waals surface area contributed by atoms with Crippen molar-refractivity contribution in [2.45, 2.75) is 12.5 Å². The molecule has 1 atom stereocenters. The maximum atomic E-state index is 12.3. The second-order valence-corrected chi connectivity index (χ2v) is 6.82. The lowest BCUT2D eigenvalue weighted by atomic mass is 10.0. The van der Waals surface area contributed by atoms with E-state index in [0.717, 1.165) is 11.1 Å². The summed E-state index contributed by atoms with van der Waals surface area (Å²) in [5.74, 6) is 1.20. The fourth-order valence-electron chi connectivity index (χ4n) is 3.39. The maximum Gasteiger partial charge on any atom is 0.250 e. The van der Waals surface area contributed by atoms with Gasteiger partial charge in [0.05, 0.1) is 12.5 Å². The molecule has 1 aromatic heterocycles. The van der Waals surface area contributed by atoms with Gasteiger partial charge in [-0.1, -0.05) is 36.4 Å². The van der Waals surface area contributed by atoms with E-state index in [1.165, 1.54) is 6.08 Å². The number of nitrogens with one attached hydrogen (secondary N) is 2. The minimum atomic E-state index is -0.391. The molecule has 5 rings (SSSR count). The van der Waals surface area contributed by atoms with Crippen LogP contribution in [-0.4, -0.2) is 33.4 Å². The van der Waals surface area contributed by atoms with Gasteiger partial charge in [0.1, 0.15) is 0 Å². The zero-order valence-electron chi connectivity index (χ0n) is 15.7. The van der Waals surface area contributed by atoms with E-state index in [9.17, 15) is 9.59 Å². The van der Waals surface area contributed by atoms with Crippen LogP contribution in [0.15, 0.2) is 54.6 Å². The number of aromatic nitrogens is 3. The lowest BCUT2D eigenvalue weighted by Crippen LogP contribution is -2.29. The van der Waals surface area contributed by atoms with Crippen LogP contribution in [-0.2, 0) is 9.59 Å². The summed E-state index contributed by atoms with van der Waals surface area (Å²) in [5, 5.41) is 9.70. The molecule has 0 bridgehead atoms. The topological polar surface area (TPSA) is 107 Å². The van der Waals surface area contributed by atoms with Crippen molar-refractivity contribution in [2.24, 2.45) is 0 Å². The number of carbonyl (C=O) groups excluding carboxylic acids is 2. The highest BCUT2D eigenvalue weighted by atomic mass is 16.7. The molecule has 2 amide bonds. The summed E-state index contributed by atoms with van der Waals surface area (Å²) >= 11 is 0. The highest BCUT2D eigenvalue weighted by Crippen LogP contribution is 2.33. The smallest absolute Gasteiger partial charge is 0.250 e. The van der Waals surface area contributed by atoms with Crippen LogP contribution in [0.3, 0.4) is 0 Å². The van der Waals surface area contributed by atoms with E-state index in [4.69, 9.17) is 9.47 Å². The molecule has 9 nitrogen and oxygen atoms in total. The van der Waals surface area contributed by atoms with Crippen molar-refractivity contribution >= 4 is 29.8 Å². The molecule has 1 unspecified atom stereocenters. The minimum Gasteiger partial charge on any atom is -0.454 e. The van der Waals surface area contributed by atoms with Crippen LogP contribution in [0.5, 0.6) is 11.5 Å². The first-order chi connectivity index (χ1) is 14.7. The molecule has 2 aliphatic rings. The predicted octanol–water partition coefficient (Wildman–Crippen LogP) is 2.59. The number of carbonyl (C=O) groups is 2. The molecule has 0 aliphatic carbocycles. The Labute approximate surface area is 171 Å². The molecular formula is C21H17N5O4. The Bertz CT molecular complexity index is 1160. The number of amides is 2. The summed E-state index contributed by atoms with van der Waals surface area (Å²) in [7, 11) is 0. The monoisotopic (exact) mass is 403 g/mol. The number of hydrogen-bond acceptors (Lipinski definition) is 6. The van der Waals surface area contributed by atoms with E-state index in [-0.39, 0.29) is 31.1 Å². The van der Waals surface area contributed by atoms with Gasteiger partial charge in [-0.15, -0.1) is 5.10 Å². The minimum absolute atomic E-state index is 0.119. The Hall–Kier alpha value is -4.14. The molecule has 2 aromatic carbocycles. The van der Waals surface area contributed by atoms with Crippen LogP contribution in [0.25, 0.3) is 6.08 Å². The van der Waals surface area contributed by atoms with Gasteiger partial charge in [0.2, 0.25) is 18.6 Å². The van der Waals surface area contributed by atoms with E-state index in [0.29, 0.717) is 17.4 Å². The van der Waals surface area contributed by atoms with Crippen LogP contribution in [0, 0.1) is 0 Å². The molecule has 150 valence electrons. The number of fused-ring (bicyclic) bond motifs is 2. The first kappa shape index (κ1) is 17.9. The SMILES string of the molecule is O=C(/C=C/c1ccc2c(c1)OCO2)Nc1nc2n(n1)C(c1ccccc1)CC(=O)N2. The summed E-state index contributed by atoms with van der Waals surface area (Å²) in [4.78, 5) is 28.6. The average molecular weight is 403 g/mol. The molecule has 0 saturated heterocycles. The predicted molar refractivity (Wildman–Crippen MR) is 108 cm³/mol. The average Bonchev–Trinajstić information content (AvgIpc) is 3.38. The maximum absolute atomic E-state index is 12.3. The van der Waals surface area contributed by atoms with E-state index in [1.807, 2.05) is 36.4 Å². The molecular weight excluding hydrogens is 386 g/mol. The van der Waals surface area contributed by atoms with E-state index >= 15 is 0 Å². The number of anilines is 2. The first-order valence-corrected chi connectivity index (χ1v) is 9.36. The second kappa shape index (κ2) is 7.36. The third-order valence-electron chi connectivity index (χ3n) is 4.80. The van der Waals surface area contributed by atoms with Gasteiger partial charge >= 0.3 is 0 Å². The molecule has 3 aromatic rings. The van der Waals surface area contributed by atoms with Gasteiger partial charge < -0.3 is 9.47 Å². The summed E-state index contributed by atoms with van der Waals surface area (Å²) in [6.07, 6.45) is 3.28. The van der Waals surface area contributed by atoms with Gasteiger partial charge in [-0.25, -0.2) is 4.68 Å². The fraction of sp³-hybridized carbons (Fsp3) is 0.143. The summed E-state index contributed by atoms with van der Waals surface area (Å²) in [6, 6.07) is 14.7. The zero-order valence-corrected chi connectivity index (χ0v) is 15.7. The zero-order chi connectivity index (χ0) is 20.5. The summed E-state index contributed by atoms with van der Waals surface area (Å²) < 4.78 is 12.2. The Balaban J connectivity index is 1.32. The Kier molecular flexibility index (Phi) is 4.40. The van der Waals surface area contributed by atoms with Gasteiger partial charge in [-0.05, 0) is 29.3 Å². The highest BCUT2D eigenvalue weighted by Gasteiger charge is 2.29. The van der Waals surface area contributed by atoms with Crippen molar-refractivity contribution < 1.29 is 19.1 Å². The molecule has 0 saturated carbocycles. The molecule has 2 N–H and O–H groups in total. The Morgan fingerprint density at radius 3 is 2.87 bits per heavy atom. The normalized spacial score (nSPS) is 16.9. The van der Waals surface area contributed by atoms with Crippen molar-refractivity contribution in [3.05, 3.63) is 65.7 Å². The van der Waals surface area contributed by atoms with Crippen LogP contribution >= 0.6 is 0 Å². The summed E-state index contributed by atoms with van der Waals surface area (Å²) in [5.41, 5.74) is 1.74. The standard InChI is InChI=1S/C21H17N5O4/c27-18(9-7-13-6-8-16-17(10-13)30-12-29-16)22-20-24-21-23-19(28)11-15(26(21)25-20)14-4-2-1-3-5-14/h1-10,15H,11-12H2,(H2,22,23,24,25,27,28)/b9-7+. The number of nitrogens with zero attached hydrogens (tertiary/aromatic N) is 3. The van der Waals surface area contributed by atoms with Crippen LogP contribution in [0.1, 0.15) is 23.6 Å². The van der Waals surface area contributed by atoms with Gasteiger partial charge in [-0.3, -0.25) is 20.2 Å². The Morgan fingerprint density at radius 2 is 2.00 bits per heavy atom. The van der Waals surface area contributed by atoms with Gasteiger partial charge in [0.25, 0.3) is 11.9 Å². The lowest BCUT2D eigenvalue weighted by Gasteiger charge is -2.23. The van der Waals surface area contributed by atoms with Crippen molar-refractivity contribution in [1.82, 2.24) is 14.8 Å². The van der Waals surface area contributed by atoms with Crippen molar-refractivity contribution in [2.75, 3.05) is 17.4 Å². The van der Waals surface area contributed by atoms with Gasteiger partial charge in [0.15, 0.2) is 11.5 Å². The molecule has 0 fully saturated rings. The highest BCUT2D eigenvalue weighted by molar-refractivity contribution is 6.01. The van der Waals surface area contributed by atoms with Crippen LogP contribution in [0.2, 0.25) is 0 Å². The molecule has 0 spiro atoms. The first-order valence-electron chi connectivity index (χ1n) is 9.36. The van der Waals surface area contributed by atoms with Gasteiger partial charge in [-0.2, -0.15) is 4.98 Å². The number of ether oxygens (including phenoxy) is 2.